The molecule has 0 saturated carbocycles. The van der Waals surface area contributed by atoms with Gasteiger partial charge < -0.3 is 10.4 Å². The van der Waals surface area contributed by atoms with E-state index < -0.39 is 35.2 Å². The Morgan fingerprint density at radius 2 is 2.16 bits per heavy atom. The molecule has 0 aliphatic carbocycles. The second kappa shape index (κ2) is 9.04. The molecule has 3 atom stereocenters. The molecule has 4 heterocycles. The summed E-state index contributed by atoms with van der Waals surface area (Å²) in [6.45, 7) is 5.23. The van der Waals surface area contributed by atoms with Crippen LogP contribution in [-0.4, -0.2) is 70.7 Å². The van der Waals surface area contributed by atoms with E-state index in [0.29, 0.717) is 27.8 Å². The van der Waals surface area contributed by atoms with E-state index in [9.17, 15) is 19.5 Å². The van der Waals surface area contributed by atoms with Gasteiger partial charge in [-0.05, 0) is 26.3 Å². The van der Waals surface area contributed by atoms with Gasteiger partial charge in [-0.1, -0.05) is 34.7 Å². The largest absolute Gasteiger partial charge is 0.477 e. The molecule has 1 fully saturated rings. The van der Waals surface area contributed by atoms with Crippen LogP contribution in [0.15, 0.2) is 21.8 Å². The van der Waals surface area contributed by atoms with Gasteiger partial charge >= 0.3 is 5.97 Å². The van der Waals surface area contributed by atoms with Crippen molar-refractivity contribution in [1.82, 2.24) is 30.2 Å². The predicted octanol–water partition coefficient (Wildman–Crippen LogP) is 2.10. The zero-order valence-corrected chi connectivity index (χ0v) is 20.4. The fourth-order valence-corrected chi connectivity index (χ4v) is 6.77. The number of aryl methyl sites for hydroxylation is 2. The molecule has 2 aromatic rings. The van der Waals surface area contributed by atoms with Crippen molar-refractivity contribution in [2.75, 3.05) is 11.5 Å². The fraction of sp³-hybridized carbons (Fsp3) is 0.444. The van der Waals surface area contributed by atoms with Gasteiger partial charge in [0.15, 0.2) is 4.34 Å². The molecule has 2 aliphatic heterocycles. The van der Waals surface area contributed by atoms with Crippen LogP contribution in [0.5, 0.6) is 0 Å². The Balaban J connectivity index is 1.45. The van der Waals surface area contributed by atoms with E-state index in [2.05, 4.69) is 20.6 Å². The monoisotopic (exact) mass is 514 g/mol. The first-order valence-corrected chi connectivity index (χ1v) is 12.7. The number of nitrogens with one attached hydrogen (secondary N) is 1. The van der Waals surface area contributed by atoms with Gasteiger partial charge in [0, 0.05) is 17.7 Å². The lowest BCUT2D eigenvalue weighted by Crippen LogP contribution is -2.71. The molecule has 2 N–H and O–H groups in total. The molecule has 2 aliphatic rings. The van der Waals surface area contributed by atoms with E-state index in [1.54, 1.807) is 20.0 Å². The molecular weight excluding hydrogens is 496 g/mol. The number of β-lactam (4-membered cyclic amide) rings is 1. The van der Waals surface area contributed by atoms with Crippen molar-refractivity contribution in [3.05, 3.63) is 33.2 Å². The summed E-state index contributed by atoms with van der Waals surface area (Å²) in [6.07, 6.45) is 1.56. The smallest absolute Gasteiger partial charge is 0.352 e. The molecule has 14 heteroatoms. The van der Waals surface area contributed by atoms with Crippen molar-refractivity contribution in [1.29, 1.82) is 0 Å². The van der Waals surface area contributed by atoms with Crippen LogP contribution in [0.4, 0.5) is 0 Å². The maximum atomic E-state index is 12.8. The molecule has 1 saturated heterocycles. The minimum atomic E-state index is -1.16. The molecule has 2 amide bonds. The third-order valence-corrected chi connectivity index (χ3v) is 8.83. The minimum absolute atomic E-state index is 0.0134. The fourth-order valence-electron chi connectivity index (χ4n) is 3.33. The lowest BCUT2D eigenvalue weighted by atomic mass is 10.0. The third-order valence-electron chi connectivity index (χ3n) is 5.06. The number of carbonyl (C=O) groups is 3. The second-order valence-corrected chi connectivity index (χ2v) is 11.2. The first-order valence-electron chi connectivity index (χ1n) is 9.52. The number of rotatable bonds is 7. The van der Waals surface area contributed by atoms with Crippen LogP contribution in [0.1, 0.15) is 23.7 Å². The SMILES string of the molecule is Cc1nnc(SCC2=C(C(=O)O)N3C(=O)[C@@H](NC(=O)[C@H](C)n4cc(Cl)c(C)n4)[C@H]3SC2)s1. The second-order valence-electron chi connectivity index (χ2n) is 7.25. The van der Waals surface area contributed by atoms with E-state index >= 15 is 0 Å². The summed E-state index contributed by atoms with van der Waals surface area (Å²) in [5.74, 6) is -1.16. The standard InChI is InChI=1S/C18H19ClN6O4S3/c1-7-11(19)4-24(23-7)8(2)14(26)20-12-15(27)25-13(17(28)29)10(5-30-16(12)25)6-31-18-22-21-9(3)32-18/h4,8,12,16H,5-6H2,1-3H3,(H,20,26)(H,28,29)/t8-,12+,16+/m0/s1. The van der Waals surface area contributed by atoms with E-state index in [1.165, 1.54) is 44.4 Å². The molecular formula is C18H19ClN6O4S3. The van der Waals surface area contributed by atoms with Crippen molar-refractivity contribution in [2.24, 2.45) is 0 Å². The van der Waals surface area contributed by atoms with Crippen molar-refractivity contribution in [2.45, 2.75) is 42.6 Å². The van der Waals surface area contributed by atoms with Crippen molar-refractivity contribution in [3.8, 4) is 0 Å². The summed E-state index contributed by atoms with van der Waals surface area (Å²) >= 11 is 10.3. The number of carboxylic acid groups (broad SMARTS) is 1. The van der Waals surface area contributed by atoms with Crippen molar-refractivity contribution >= 4 is 64.2 Å². The van der Waals surface area contributed by atoms with Crippen molar-refractivity contribution < 1.29 is 19.5 Å². The number of aliphatic carboxylic acids is 1. The Hall–Kier alpha value is -2.09. The van der Waals surface area contributed by atoms with Gasteiger partial charge in [-0.25, -0.2) is 4.79 Å². The molecule has 10 nitrogen and oxygen atoms in total. The predicted molar refractivity (Wildman–Crippen MR) is 122 cm³/mol. The number of aromatic nitrogens is 4. The average molecular weight is 515 g/mol. The summed E-state index contributed by atoms with van der Waals surface area (Å²) in [5.41, 5.74) is 1.23. The van der Waals surface area contributed by atoms with Gasteiger partial charge in [-0.15, -0.1) is 22.0 Å². The summed E-state index contributed by atoms with van der Waals surface area (Å²) in [6, 6.07) is -1.47. The van der Waals surface area contributed by atoms with Crippen LogP contribution < -0.4 is 5.32 Å². The van der Waals surface area contributed by atoms with E-state index in [0.717, 1.165) is 9.35 Å². The number of carbonyl (C=O) groups excluding carboxylic acids is 2. The van der Waals surface area contributed by atoms with Crippen LogP contribution >= 0.6 is 46.5 Å². The number of hydrogen-bond acceptors (Lipinski definition) is 9. The lowest BCUT2D eigenvalue weighted by molar-refractivity contribution is -0.151. The zero-order valence-electron chi connectivity index (χ0n) is 17.2. The molecule has 0 radical (unpaired) electrons. The van der Waals surface area contributed by atoms with Gasteiger partial charge in [0.05, 0.1) is 10.7 Å². The molecule has 170 valence electrons. The van der Waals surface area contributed by atoms with Gasteiger partial charge in [0.1, 0.15) is 28.2 Å². The van der Waals surface area contributed by atoms with Crippen LogP contribution in [0.25, 0.3) is 0 Å². The molecule has 2 aromatic heterocycles. The lowest BCUT2D eigenvalue weighted by Gasteiger charge is -2.49. The highest BCUT2D eigenvalue weighted by molar-refractivity contribution is 8.01. The number of halogens is 1. The van der Waals surface area contributed by atoms with Gasteiger partial charge in [0.2, 0.25) is 5.91 Å². The molecule has 4 rings (SSSR count). The number of fused-ring (bicyclic) bond motifs is 1. The summed E-state index contributed by atoms with van der Waals surface area (Å²) in [7, 11) is 0. The first-order chi connectivity index (χ1) is 15.2. The number of hydrogen-bond donors (Lipinski definition) is 2. The topological polar surface area (TPSA) is 130 Å². The Kier molecular flexibility index (Phi) is 6.52. The Bertz CT molecular complexity index is 1110. The van der Waals surface area contributed by atoms with E-state index in [-0.39, 0.29) is 5.70 Å². The molecule has 0 spiro atoms. The van der Waals surface area contributed by atoms with Crippen LogP contribution in [0, 0.1) is 13.8 Å². The molecule has 0 aromatic carbocycles. The van der Waals surface area contributed by atoms with E-state index in [4.69, 9.17) is 11.6 Å². The van der Waals surface area contributed by atoms with E-state index in [1.807, 2.05) is 6.92 Å². The van der Waals surface area contributed by atoms with Crippen LogP contribution in [0.3, 0.4) is 0 Å². The number of carboxylic acids is 1. The highest BCUT2D eigenvalue weighted by Gasteiger charge is 2.54. The first kappa shape index (κ1) is 23.1. The summed E-state index contributed by atoms with van der Waals surface area (Å²) in [4.78, 5) is 38.7. The Morgan fingerprint density at radius 1 is 1.41 bits per heavy atom. The van der Waals surface area contributed by atoms with Crippen LogP contribution in [0.2, 0.25) is 5.02 Å². The average Bonchev–Trinajstić information content (AvgIpc) is 3.33. The van der Waals surface area contributed by atoms with Gasteiger partial charge in [-0.3, -0.25) is 19.2 Å². The van der Waals surface area contributed by atoms with Crippen LogP contribution in [-0.2, 0) is 14.4 Å². The van der Waals surface area contributed by atoms with Gasteiger partial charge in [-0.2, -0.15) is 5.10 Å². The Morgan fingerprint density at radius 3 is 2.75 bits per heavy atom. The van der Waals surface area contributed by atoms with Gasteiger partial charge in [0.25, 0.3) is 5.91 Å². The zero-order chi connectivity index (χ0) is 23.2. The Labute approximate surface area is 200 Å². The highest BCUT2D eigenvalue weighted by atomic mass is 35.5. The molecule has 0 bridgehead atoms. The molecule has 0 unspecified atom stereocenters. The summed E-state index contributed by atoms with van der Waals surface area (Å²) < 4.78 is 2.18. The van der Waals surface area contributed by atoms with Crippen molar-refractivity contribution in [3.63, 3.8) is 0 Å². The quantitative estimate of drug-likeness (QED) is 0.421. The maximum absolute atomic E-state index is 12.8. The number of nitrogens with zero attached hydrogens (tertiary/aromatic N) is 5. The number of amides is 2. The normalized spacial score (nSPS) is 21.2. The third kappa shape index (κ3) is 4.26. The maximum Gasteiger partial charge on any atom is 0.352 e. The summed E-state index contributed by atoms with van der Waals surface area (Å²) in [5, 5.41) is 25.5. The minimum Gasteiger partial charge on any atom is -0.477 e. The molecule has 32 heavy (non-hydrogen) atoms. The highest BCUT2D eigenvalue weighted by Crippen LogP contribution is 2.42. The number of thioether (sulfide) groups is 2.